The monoisotopic (exact) mass is 413 g/mol. The van der Waals surface area contributed by atoms with Crippen LogP contribution in [0.25, 0.3) is 0 Å². The molecule has 0 spiro atoms. The van der Waals surface area contributed by atoms with Crippen LogP contribution in [-0.2, 0) is 17.9 Å². The van der Waals surface area contributed by atoms with Gasteiger partial charge >= 0.3 is 0 Å². The van der Waals surface area contributed by atoms with E-state index in [1.165, 1.54) is 0 Å². The predicted octanol–water partition coefficient (Wildman–Crippen LogP) is 4.02. The van der Waals surface area contributed by atoms with Crippen molar-refractivity contribution in [2.75, 3.05) is 34.4 Å². The molecule has 0 aliphatic heterocycles. The minimum atomic E-state index is -0.617. The Kier molecular flexibility index (Phi) is 8.67. The van der Waals surface area contributed by atoms with Gasteiger partial charge < -0.3 is 19.3 Å². The Bertz CT molecular complexity index is 742. The number of nitrogens with zero attached hydrogens (tertiary/aromatic N) is 1. The lowest BCUT2D eigenvalue weighted by atomic mass is 10.2. The van der Waals surface area contributed by atoms with Gasteiger partial charge in [-0.2, -0.15) is 0 Å². The maximum atomic E-state index is 10.2. The van der Waals surface area contributed by atoms with Crippen LogP contribution in [0.15, 0.2) is 36.4 Å². The maximum Gasteiger partial charge on any atom is 0.161 e. The maximum absolute atomic E-state index is 10.2. The topological polar surface area (TPSA) is 51.2 Å². The summed E-state index contributed by atoms with van der Waals surface area (Å²) >= 11 is 12.2. The van der Waals surface area contributed by atoms with E-state index in [9.17, 15) is 5.11 Å². The molecule has 0 aliphatic carbocycles. The van der Waals surface area contributed by atoms with E-state index in [-0.39, 0.29) is 6.61 Å². The summed E-state index contributed by atoms with van der Waals surface area (Å²) < 4.78 is 16.1. The van der Waals surface area contributed by atoms with Crippen LogP contribution in [0.5, 0.6) is 11.5 Å². The van der Waals surface area contributed by atoms with Crippen LogP contribution in [0.3, 0.4) is 0 Å². The summed E-state index contributed by atoms with van der Waals surface area (Å²) in [6, 6.07) is 11.1. The third kappa shape index (κ3) is 6.55. The molecule has 0 fully saturated rings. The molecule has 7 heteroatoms. The van der Waals surface area contributed by atoms with Gasteiger partial charge in [-0.3, -0.25) is 4.90 Å². The largest absolute Gasteiger partial charge is 0.493 e. The van der Waals surface area contributed by atoms with Gasteiger partial charge in [0.2, 0.25) is 0 Å². The summed E-state index contributed by atoms with van der Waals surface area (Å²) in [7, 11) is 5.10. The van der Waals surface area contributed by atoms with E-state index >= 15 is 0 Å². The number of likely N-dealkylation sites (N-methyl/N-ethyl adjacent to an activating group) is 1. The second-order valence-corrected chi connectivity index (χ2v) is 7.05. The fourth-order valence-corrected chi connectivity index (χ4v) is 3.10. The molecule has 0 unspecified atom stereocenters. The van der Waals surface area contributed by atoms with E-state index in [0.717, 1.165) is 11.1 Å². The van der Waals surface area contributed by atoms with Crippen molar-refractivity contribution in [2.24, 2.45) is 0 Å². The molecular formula is C20H25Cl2NO4. The molecule has 148 valence electrons. The molecule has 2 rings (SSSR count). The highest BCUT2D eigenvalue weighted by Gasteiger charge is 2.12. The van der Waals surface area contributed by atoms with Gasteiger partial charge in [0.15, 0.2) is 11.5 Å². The molecule has 1 atom stereocenters. The van der Waals surface area contributed by atoms with Crippen molar-refractivity contribution in [1.29, 1.82) is 0 Å². The van der Waals surface area contributed by atoms with Gasteiger partial charge in [0, 0.05) is 13.1 Å². The SMILES string of the molecule is COc1ccc(COC[C@H](O)CN(C)Cc2cccc(Cl)c2Cl)cc1OC. The first-order valence-corrected chi connectivity index (χ1v) is 9.28. The second kappa shape index (κ2) is 10.7. The molecule has 2 aromatic carbocycles. The van der Waals surface area contributed by atoms with Crippen LogP contribution in [0.2, 0.25) is 10.0 Å². The van der Waals surface area contributed by atoms with E-state index in [1.54, 1.807) is 20.3 Å². The van der Waals surface area contributed by atoms with Crippen molar-refractivity contribution >= 4 is 23.2 Å². The normalized spacial score (nSPS) is 12.3. The van der Waals surface area contributed by atoms with Gasteiger partial charge in [-0.05, 0) is 36.4 Å². The zero-order valence-electron chi connectivity index (χ0n) is 15.7. The first kappa shape index (κ1) is 21.8. The Morgan fingerprint density at radius 3 is 2.52 bits per heavy atom. The predicted molar refractivity (Wildman–Crippen MR) is 108 cm³/mol. The van der Waals surface area contributed by atoms with Gasteiger partial charge in [-0.15, -0.1) is 0 Å². The Hall–Kier alpha value is -1.50. The van der Waals surface area contributed by atoms with E-state index in [2.05, 4.69) is 0 Å². The number of methoxy groups -OCH3 is 2. The molecule has 2 aromatic rings. The second-order valence-electron chi connectivity index (χ2n) is 6.27. The molecule has 0 saturated carbocycles. The summed E-state index contributed by atoms with van der Waals surface area (Å²) in [4.78, 5) is 1.97. The van der Waals surface area contributed by atoms with Crippen molar-refractivity contribution in [1.82, 2.24) is 4.90 Å². The van der Waals surface area contributed by atoms with Crippen LogP contribution in [0, 0.1) is 0 Å². The lowest BCUT2D eigenvalue weighted by Gasteiger charge is -2.21. The van der Waals surface area contributed by atoms with Crippen molar-refractivity contribution < 1.29 is 19.3 Å². The van der Waals surface area contributed by atoms with Crippen LogP contribution < -0.4 is 9.47 Å². The molecule has 0 aliphatic rings. The molecule has 0 amide bonds. The van der Waals surface area contributed by atoms with E-state index in [0.29, 0.717) is 41.2 Å². The molecule has 0 saturated heterocycles. The minimum Gasteiger partial charge on any atom is -0.493 e. The summed E-state index contributed by atoms with van der Waals surface area (Å²) in [5, 5.41) is 11.3. The number of ether oxygens (including phenoxy) is 3. The molecule has 27 heavy (non-hydrogen) atoms. The Labute approximate surface area is 170 Å². The first-order chi connectivity index (χ1) is 12.9. The third-order valence-electron chi connectivity index (χ3n) is 4.02. The fourth-order valence-electron chi connectivity index (χ4n) is 2.72. The molecule has 0 heterocycles. The highest BCUT2D eigenvalue weighted by molar-refractivity contribution is 6.42. The standard InChI is InChI=1S/C20H25Cl2NO4/c1-23(10-15-5-4-6-17(21)20(15)22)11-16(24)13-27-12-14-7-8-18(25-2)19(9-14)26-3/h4-9,16,24H,10-13H2,1-3H3/t16-/m1/s1. The lowest BCUT2D eigenvalue weighted by Crippen LogP contribution is -2.32. The molecule has 1 N–H and O–H groups in total. The zero-order valence-corrected chi connectivity index (χ0v) is 17.3. The zero-order chi connectivity index (χ0) is 19.8. The van der Waals surface area contributed by atoms with Gasteiger partial charge in [0.05, 0.1) is 43.6 Å². The van der Waals surface area contributed by atoms with E-state index in [4.69, 9.17) is 37.4 Å². The highest BCUT2D eigenvalue weighted by atomic mass is 35.5. The van der Waals surface area contributed by atoms with E-state index < -0.39 is 6.10 Å². The number of rotatable bonds is 10. The quantitative estimate of drug-likeness (QED) is 0.637. The number of hydrogen-bond donors (Lipinski definition) is 1. The minimum absolute atomic E-state index is 0.224. The lowest BCUT2D eigenvalue weighted by molar-refractivity contribution is 0.0126. The van der Waals surface area contributed by atoms with Gasteiger partial charge in [-0.1, -0.05) is 41.4 Å². The fraction of sp³-hybridized carbons (Fsp3) is 0.400. The number of halogens is 2. The Morgan fingerprint density at radius 2 is 1.81 bits per heavy atom. The average molecular weight is 414 g/mol. The van der Waals surface area contributed by atoms with Crippen LogP contribution in [0.1, 0.15) is 11.1 Å². The van der Waals surface area contributed by atoms with Crippen molar-refractivity contribution in [2.45, 2.75) is 19.3 Å². The molecule has 0 aromatic heterocycles. The molecular weight excluding hydrogens is 389 g/mol. The number of aliphatic hydroxyl groups is 1. The summed E-state index contributed by atoms with van der Waals surface area (Å²) in [5.41, 5.74) is 1.86. The Balaban J connectivity index is 1.79. The summed E-state index contributed by atoms with van der Waals surface area (Å²) in [6.07, 6.45) is -0.617. The van der Waals surface area contributed by atoms with Gasteiger partial charge in [-0.25, -0.2) is 0 Å². The van der Waals surface area contributed by atoms with Crippen LogP contribution in [0.4, 0.5) is 0 Å². The van der Waals surface area contributed by atoms with Crippen molar-refractivity contribution in [3.8, 4) is 11.5 Å². The number of hydrogen-bond acceptors (Lipinski definition) is 5. The van der Waals surface area contributed by atoms with Crippen LogP contribution >= 0.6 is 23.2 Å². The third-order valence-corrected chi connectivity index (χ3v) is 4.88. The van der Waals surface area contributed by atoms with Crippen molar-refractivity contribution in [3.05, 3.63) is 57.6 Å². The van der Waals surface area contributed by atoms with E-state index in [1.807, 2.05) is 42.3 Å². The molecule has 0 bridgehead atoms. The van der Waals surface area contributed by atoms with Crippen molar-refractivity contribution in [3.63, 3.8) is 0 Å². The molecule has 0 radical (unpaired) electrons. The summed E-state index contributed by atoms with van der Waals surface area (Å²) in [6.45, 7) is 1.64. The Morgan fingerprint density at radius 1 is 1.07 bits per heavy atom. The first-order valence-electron chi connectivity index (χ1n) is 8.52. The van der Waals surface area contributed by atoms with Gasteiger partial charge in [0.25, 0.3) is 0 Å². The smallest absolute Gasteiger partial charge is 0.161 e. The van der Waals surface area contributed by atoms with Crippen LogP contribution in [-0.4, -0.2) is 50.5 Å². The average Bonchev–Trinajstić information content (AvgIpc) is 2.65. The summed E-state index contributed by atoms with van der Waals surface area (Å²) in [5.74, 6) is 1.32. The number of benzene rings is 2. The molecule has 5 nitrogen and oxygen atoms in total. The number of aliphatic hydroxyl groups excluding tert-OH is 1. The highest BCUT2D eigenvalue weighted by Crippen LogP contribution is 2.28. The van der Waals surface area contributed by atoms with Gasteiger partial charge in [0.1, 0.15) is 0 Å².